The summed E-state index contributed by atoms with van der Waals surface area (Å²) in [4.78, 5) is 26.3. The molecule has 0 aliphatic carbocycles. The van der Waals surface area contributed by atoms with Gasteiger partial charge < -0.3 is 19.3 Å². The van der Waals surface area contributed by atoms with Crippen LogP contribution in [0.25, 0.3) is 10.9 Å². The van der Waals surface area contributed by atoms with E-state index in [0.717, 1.165) is 18.4 Å². The minimum atomic E-state index is -1.28. The largest absolute Gasteiger partial charge is 0.477 e. The lowest BCUT2D eigenvalue weighted by Crippen LogP contribution is -2.44. The molecule has 3 heterocycles. The molecule has 1 saturated heterocycles. The number of halogens is 1. The maximum atomic E-state index is 15.3. The number of hydrogen-bond donors (Lipinski definition) is 1. The van der Waals surface area contributed by atoms with Crippen LogP contribution in [0.3, 0.4) is 0 Å². The zero-order chi connectivity index (χ0) is 20.9. The van der Waals surface area contributed by atoms with Crippen LogP contribution in [-0.4, -0.2) is 41.4 Å². The van der Waals surface area contributed by atoms with Crippen molar-refractivity contribution in [2.75, 3.05) is 24.6 Å². The zero-order valence-electron chi connectivity index (χ0n) is 17.1. The Hall–Kier alpha value is -2.41. The molecule has 1 N–H and O–H groups in total. The third kappa shape index (κ3) is 3.21. The van der Waals surface area contributed by atoms with Gasteiger partial charge in [0.15, 0.2) is 0 Å². The third-order valence-corrected chi connectivity index (χ3v) is 6.38. The predicted molar refractivity (Wildman–Crippen MR) is 110 cm³/mol. The van der Waals surface area contributed by atoms with E-state index >= 15 is 4.39 Å². The molecule has 7 heteroatoms. The molecule has 4 rings (SSSR count). The van der Waals surface area contributed by atoms with Gasteiger partial charge in [-0.05, 0) is 45.1 Å². The van der Waals surface area contributed by atoms with Crippen LogP contribution in [0.5, 0.6) is 0 Å². The van der Waals surface area contributed by atoms with Crippen LogP contribution in [0.2, 0.25) is 0 Å². The SMILES string of the molecule is CCOC1CCN(c2c(F)cc3c(=O)c(C(=O)O)cn4c3c2CC[C@@H]4C)CC1C. The second kappa shape index (κ2) is 7.44. The Bertz CT molecular complexity index is 1030. The number of rotatable bonds is 4. The van der Waals surface area contributed by atoms with Gasteiger partial charge in [-0.3, -0.25) is 4.79 Å². The molecule has 0 bridgehead atoms. The molecule has 0 amide bonds. The molecule has 0 saturated carbocycles. The summed E-state index contributed by atoms with van der Waals surface area (Å²) in [7, 11) is 0. The van der Waals surface area contributed by atoms with Crippen molar-refractivity contribution in [3.8, 4) is 0 Å². The van der Waals surface area contributed by atoms with Crippen LogP contribution < -0.4 is 10.3 Å². The number of anilines is 1. The Kier molecular flexibility index (Phi) is 5.11. The average molecular weight is 402 g/mol. The number of nitrogens with zero attached hydrogens (tertiary/aromatic N) is 2. The van der Waals surface area contributed by atoms with Crippen LogP contribution in [0, 0.1) is 11.7 Å². The molecule has 29 heavy (non-hydrogen) atoms. The molecule has 2 aliphatic heterocycles. The van der Waals surface area contributed by atoms with Crippen molar-refractivity contribution < 1.29 is 19.0 Å². The summed E-state index contributed by atoms with van der Waals surface area (Å²) in [6, 6.07) is 1.28. The Labute approximate surface area is 168 Å². The summed E-state index contributed by atoms with van der Waals surface area (Å²) in [6.45, 7) is 8.15. The zero-order valence-corrected chi connectivity index (χ0v) is 17.1. The van der Waals surface area contributed by atoms with Gasteiger partial charge in [-0.15, -0.1) is 0 Å². The van der Waals surface area contributed by atoms with Gasteiger partial charge in [0.05, 0.1) is 17.3 Å². The van der Waals surface area contributed by atoms with Gasteiger partial charge in [-0.1, -0.05) is 6.92 Å². The van der Waals surface area contributed by atoms with E-state index in [1.807, 2.05) is 18.4 Å². The standard InChI is InChI=1S/C22H27FN2O4/c1-4-29-18-7-8-24(10-12(18)2)20-14-6-5-13(3)25-11-16(22(27)28)21(26)15(19(14)25)9-17(20)23/h9,11-13,18H,4-8,10H2,1-3H3,(H,27,28)/t12?,13-,18?/m0/s1. The molecule has 1 aromatic heterocycles. The topological polar surface area (TPSA) is 71.8 Å². The van der Waals surface area contributed by atoms with E-state index in [-0.39, 0.29) is 29.0 Å². The van der Waals surface area contributed by atoms with Crippen molar-refractivity contribution in [3.05, 3.63) is 39.4 Å². The lowest BCUT2D eigenvalue weighted by molar-refractivity contribution is 0.0134. The highest BCUT2D eigenvalue weighted by atomic mass is 19.1. The quantitative estimate of drug-likeness (QED) is 0.846. The summed E-state index contributed by atoms with van der Waals surface area (Å²) < 4.78 is 23.0. The third-order valence-electron chi connectivity index (χ3n) is 6.38. The van der Waals surface area contributed by atoms with E-state index in [4.69, 9.17) is 4.74 Å². The number of hydrogen-bond acceptors (Lipinski definition) is 4. The number of aromatic carboxylic acids is 1. The number of ether oxygens (including phenoxy) is 1. The number of carbonyl (C=O) groups is 1. The Morgan fingerprint density at radius 2 is 2.10 bits per heavy atom. The predicted octanol–water partition coefficient (Wildman–Crippen LogP) is 3.60. The first-order valence-corrected chi connectivity index (χ1v) is 10.3. The molecule has 0 radical (unpaired) electrons. The lowest BCUT2D eigenvalue weighted by atomic mass is 9.91. The highest BCUT2D eigenvalue weighted by Gasteiger charge is 2.32. The molecule has 1 fully saturated rings. The van der Waals surface area contributed by atoms with Crippen LogP contribution in [-0.2, 0) is 11.2 Å². The minimum absolute atomic E-state index is 0.0459. The molecule has 6 nitrogen and oxygen atoms in total. The first-order valence-electron chi connectivity index (χ1n) is 10.3. The summed E-state index contributed by atoms with van der Waals surface area (Å²) in [5.41, 5.74) is 1.12. The fourth-order valence-corrected chi connectivity index (χ4v) is 4.92. The Morgan fingerprint density at radius 1 is 1.34 bits per heavy atom. The van der Waals surface area contributed by atoms with Crippen molar-refractivity contribution in [2.24, 2.45) is 5.92 Å². The maximum Gasteiger partial charge on any atom is 0.341 e. The van der Waals surface area contributed by atoms with Crippen LogP contribution in [0.15, 0.2) is 17.1 Å². The number of aryl methyl sites for hydroxylation is 1. The molecule has 2 aromatic rings. The van der Waals surface area contributed by atoms with Gasteiger partial charge in [-0.25, -0.2) is 9.18 Å². The normalized spacial score (nSPS) is 24.1. The van der Waals surface area contributed by atoms with Crippen molar-refractivity contribution in [2.45, 2.75) is 52.2 Å². The van der Waals surface area contributed by atoms with Gasteiger partial charge in [-0.2, -0.15) is 0 Å². The van der Waals surface area contributed by atoms with Gasteiger partial charge >= 0.3 is 5.97 Å². The van der Waals surface area contributed by atoms with Crippen molar-refractivity contribution in [1.82, 2.24) is 4.57 Å². The number of piperidine rings is 1. The fraction of sp³-hybridized carbons (Fsp3) is 0.545. The summed E-state index contributed by atoms with van der Waals surface area (Å²) in [6.07, 6.45) is 3.85. The summed E-state index contributed by atoms with van der Waals surface area (Å²) in [5.74, 6) is -1.46. The molecule has 0 spiro atoms. The van der Waals surface area contributed by atoms with E-state index in [2.05, 4.69) is 11.8 Å². The van der Waals surface area contributed by atoms with Gasteiger partial charge in [0.1, 0.15) is 11.4 Å². The number of carboxylic acid groups (broad SMARTS) is 1. The van der Waals surface area contributed by atoms with E-state index in [1.54, 1.807) is 0 Å². The van der Waals surface area contributed by atoms with Gasteiger partial charge in [0, 0.05) is 42.9 Å². The molecule has 2 unspecified atom stereocenters. The first-order chi connectivity index (χ1) is 13.8. The number of carboxylic acids is 1. The second-order valence-electron chi connectivity index (χ2n) is 8.26. The minimum Gasteiger partial charge on any atom is -0.477 e. The van der Waals surface area contributed by atoms with Crippen molar-refractivity contribution >= 4 is 22.6 Å². The van der Waals surface area contributed by atoms with Gasteiger partial charge in [0.25, 0.3) is 0 Å². The molecule has 156 valence electrons. The van der Waals surface area contributed by atoms with E-state index < -0.39 is 17.2 Å². The first kappa shape index (κ1) is 19.9. The average Bonchev–Trinajstić information content (AvgIpc) is 2.67. The lowest BCUT2D eigenvalue weighted by Gasteiger charge is -2.40. The second-order valence-corrected chi connectivity index (χ2v) is 8.26. The fourth-order valence-electron chi connectivity index (χ4n) is 4.92. The van der Waals surface area contributed by atoms with Crippen molar-refractivity contribution in [1.29, 1.82) is 0 Å². The monoisotopic (exact) mass is 402 g/mol. The van der Waals surface area contributed by atoms with Crippen LogP contribution >= 0.6 is 0 Å². The summed E-state index contributed by atoms with van der Waals surface area (Å²) >= 11 is 0. The van der Waals surface area contributed by atoms with E-state index in [1.165, 1.54) is 12.3 Å². The van der Waals surface area contributed by atoms with Crippen LogP contribution in [0.1, 0.15) is 55.6 Å². The number of benzene rings is 1. The van der Waals surface area contributed by atoms with Crippen LogP contribution in [0.4, 0.5) is 10.1 Å². The van der Waals surface area contributed by atoms with Gasteiger partial charge in [0.2, 0.25) is 5.43 Å². The smallest absolute Gasteiger partial charge is 0.341 e. The van der Waals surface area contributed by atoms with E-state index in [9.17, 15) is 14.7 Å². The molecule has 1 aromatic carbocycles. The summed E-state index contributed by atoms with van der Waals surface area (Å²) in [5, 5.41) is 9.57. The Balaban J connectivity index is 1.88. The highest BCUT2D eigenvalue weighted by Crippen LogP contribution is 2.39. The highest BCUT2D eigenvalue weighted by molar-refractivity contribution is 5.95. The Morgan fingerprint density at radius 3 is 2.76 bits per heavy atom. The number of pyridine rings is 1. The molecular formula is C22H27FN2O4. The molecule has 2 aliphatic rings. The molecule has 3 atom stereocenters. The van der Waals surface area contributed by atoms with E-state index in [0.29, 0.717) is 37.3 Å². The number of aromatic nitrogens is 1. The van der Waals surface area contributed by atoms with Crippen molar-refractivity contribution in [3.63, 3.8) is 0 Å². The molecular weight excluding hydrogens is 375 g/mol. The maximum absolute atomic E-state index is 15.3.